The Hall–Kier alpha value is -0.280. The maximum Gasteiger partial charge on any atom is 0.239 e. The molecular weight excluding hydrogens is 236 g/mol. The lowest BCUT2D eigenvalue weighted by molar-refractivity contribution is -0.137. The molecule has 0 saturated carbocycles. The van der Waals surface area contributed by atoms with Crippen LogP contribution in [-0.2, 0) is 4.79 Å². The van der Waals surface area contributed by atoms with Gasteiger partial charge in [0.1, 0.15) is 0 Å². The molecule has 3 nitrogen and oxygen atoms in total. The molecule has 100 valence electrons. The largest absolute Gasteiger partial charge is 0.341 e. The van der Waals surface area contributed by atoms with Crippen molar-refractivity contribution < 1.29 is 4.79 Å². The summed E-state index contributed by atoms with van der Waals surface area (Å²) in [4.78, 5) is 14.4. The van der Waals surface area contributed by atoms with Crippen LogP contribution in [0, 0.1) is 5.41 Å². The molecule has 2 saturated heterocycles. The Morgan fingerprint density at radius 3 is 2.65 bits per heavy atom. The Balaban J connectivity index is 0.00000144. The first-order chi connectivity index (χ1) is 7.58. The zero-order valence-corrected chi connectivity index (χ0v) is 11.8. The van der Waals surface area contributed by atoms with Gasteiger partial charge in [-0.3, -0.25) is 4.79 Å². The quantitative estimate of drug-likeness (QED) is 0.784. The van der Waals surface area contributed by atoms with Gasteiger partial charge < -0.3 is 10.2 Å². The molecule has 2 heterocycles. The fourth-order valence-corrected chi connectivity index (χ4v) is 2.89. The lowest BCUT2D eigenvalue weighted by atomic mass is 9.84. The van der Waals surface area contributed by atoms with Gasteiger partial charge in [-0.05, 0) is 37.6 Å². The lowest BCUT2D eigenvalue weighted by Gasteiger charge is -2.40. The first-order valence-electron chi connectivity index (χ1n) is 6.61. The number of amides is 1. The molecule has 17 heavy (non-hydrogen) atoms. The zero-order chi connectivity index (χ0) is 11.6. The molecule has 0 unspecified atom stereocenters. The normalized spacial score (nSPS) is 28.4. The highest BCUT2D eigenvalue weighted by molar-refractivity contribution is 5.85. The summed E-state index contributed by atoms with van der Waals surface area (Å²) in [7, 11) is 0. The Morgan fingerprint density at radius 2 is 2.06 bits per heavy atom. The average molecular weight is 261 g/mol. The number of carbonyl (C=O) groups is 1. The highest BCUT2D eigenvalue weighted by atomic mass is 35.5. The fourth-order valence-electron chi connectivity index (χ4n) is 2.89. The number of piperidine rings is 2. The van der Waals surface area contributed by atoms with Crippen molar-refractivity contribution in [3.8, 4) is 0 Å². The molecule has 0 aromatic carbocycles. The van der Waals surface area contributed by atoms with E-state index in [1.807, 2.05) is 0 Å². The van der Waals surface area contributed by atoms with Gasteiger partial charge >= 0.3 is 0 Å². The number of hydrogen-bond donors (Lipinski definition) is 1. The van der Waals surface area contributed by atoms with E-state index in [0.717, 1.165) is 32.5 Å². The molecule has 1 atom stereocenters. The summed E-state index contributed by atoms with van der Waals surface area (Å²) in [5.74, 6) is 0.340. The highest BCUT2D eigenvalue weighted by Gasteiger charge is 2.32. The van der Waals surface area contributed by atoms with E-state index in [-0.39, 0.29) is 18.4 Å². The minimum atomic E-state index is 0. The number of nitrogens with one attached hydrogen (secondary N) is 1. The fraction of sp³-hybridized carbons (Fsp3) is 0.923. The summed E-state index contributed by atoms with van der Waals surface area (Å²) in [6.07, 6.45) is 5.84. The smallest absolute Gasteiger partial charge is 0.239 e. The van der Waals surface area contributed by atoms with Crippen LogP contribution in [0.25, 0.3) is 0 Å². The van der Waals surface area contributed by atoms with Crippen molar-refractivity contribution in [1.29, 1.82) is 0 Å². The summed E-state index contributed by atoms with van der Waals surface area (Å²) in [5, 5.41) is 3.35. The Morgan fingerprint density at radius 1 is 1.29 bits per heavy atom. The van der Waals surface area contributed by atoms with Crippen LogP contribution < -0.4 is 5.32 Å². The standard InChI is InChI=1S/C13H24N2O.ClH/c1-13(2)7-5-9-15(10-13)12(16)11-6-3-4-8-14-11;/h11,14H,3-10H2,1-2H3;1H/t11-;/m1./s1. The predicted octanol–water partition coefficient (Wildman–Crippen LogP) is 2.20. The van der Waals surface area contributed by atoms with Gasteiger partial charge in [0.25, 0.3) is 0 Å². The maximum atomic E-state index is 12.3. The number of rotatable bonds is 1. The molecule has 1 N–H and O–H groups in total. The number of likely N-dealkylation sites (tertiary alicyclic amines) is 1. The van der Waals surface area contributed by atoms with Crippen LogP contribution >= 0.6 is 12.4 Å². The molecule has 2 aliphatic heterocycles. The average Bonchev–Trinajstić information content (AvgIpc) is 2.28. The molecule has 2 fully saturated rings. The van der Waals surface area contributed by atoms with E-state index < -0.39 is 0 Å². The zero-order valence-electron chi connectivity index (χ0n) is 11.0. The Bertz CT molecular complexity index is 262. The van der Waals surface area contributed by atoms with E-state index in [2.05, 4.69) is 24.1 Å². The van der Waals surface area contributed by atoms with Crippen LogP contribution in [0.4, 0.5) is 0 Å². The van der Waals surface area contributed by atoms with E-state index in [9.17, 15) is 4.79 Å². The topological polar surface area (TPSA) is 32.3 Å². The molecule has 0 bridgehead atoms. The number of nitrogens with zero attached hydrogens (tertiary/aromatic N) is 1. The van der Waals surface area contributed by atoms with Crippen LogP contribution in [0.15, 0.2) is 0 Å². The molecule has 1 amide bonds. The lowest BCUT2D eigenvalue weighted by Crippen LogP contribution is -2.52. The number of halogens is 1. The Labute approximate surface area is 111 Å². The van der Waals surface area contributed by atoms with Gasteiger partial charge in [0.2, 0.25) is 5.91 Å². The van der Waals surface area contributed by atoms with E-state index in [0.29, 0.717) is 11.3 Å². The molecule has 0 aliphatic carbocycles. The van der Waals surface area contributed by atoms with Gasteiger partial charge in [0, 0.05) is 13.1 Å². The molecule has 0 spiro atoms. The summed E-state index contributed by atoms with van der Waals surface area (Å²) < 4.78 is 0. The molecule has 0 radical (unpaired) electrons. The molecule has 2 rings (SSSR count). The molecular formula is C13H25ClN2O. The Kier molecular flexibility index (Phi) is 5.26. The summed E-state index contributed by atoms with van der Waals surface area (Å²) in [6.45, 7) is 7.43. The second-order valence-corrected chi connectivity index (χ2v) is 6.03. The number of carbonyl (C=O) groups excluding carboxylic acids is 1. The molecule has 4 heteroatoms. The summed E-state index contributed by atoms with van der Waals surface area (Å²) in [6, 6.07) is 0.0997. The highest BCUT2D eigenvalue weighted by Crippen LogP contribution is 2.29. The number of hydrogen-bond acceptors (Lipinski definition) is 2. The minimum Gasteiger partial charge on any atom is -0.341 e. The first-order valence-corrected chi connectivity index (χ1v) is 6.61. The maximum absolute atomic E-state index is 12.3. The van der Waals surface area contributed by atoms with Crippen molar-refractivity contribution in [3.05, 3.63) is 0 Å². The van der Waals surface area contributed by atoms with Crippen molar-refractivity contribution in [2.45, 2.75) is 52.0 Å². The molecule has 0 aromatic rings. The second-order valence-electron chi connectivity index (χ2n) is 6.03. The van der Waals surface area contributed by atoms with Gasteiger partial charge in [-0.25, -0.2) is 0 Å². The third-order valence-corrected chi connectivity index (χ3v) is 3.82. The monoisotopic (exact) mass is 260 g/mol. The minimum absolute atomic E-state index is 0. The van der Waals surface area contributed by atoms with Gasteiger partial charge in [-0.2, -0.15) is 0 Å². The third kappa shape index (κ3) is 3.85. The SMILES string of the molecule is CC1(C)CCCN(C(=O)[C@H]2CCCCN2)C1.Cl. The third-order valence-electron chi connectivity index (χ3n) is 3.82. The molecule has 2 aliphatic rings. The second kappa shape index (κ2) is 6.05. The van der Waals surface area contributed by atoms with Crippen LogP contribution in [0.1, 0.15) is 46.0 Å². The van der Waals surface area contributed by atoms with E-state index in [1.54, 1.807) is 0 Å². The van der Waals surface area contributed by atoms with Crippen LogP contribution in [-0.4, -0.2) is 36.5 Å². The van der Waals surface area contributed by atoms with Crippen molar-refractivity contribution in [3.63, 3.8) is 0 Å². The summed E-state index contributed by atoms with van der Waals surface area (Å²) >= 11 is 0. The van der Waals surface area contributed by atoms with E-state index >= 15 is 0 Å². The summed E-state index contributed by atoms with van der Waals surface area (Å²) in [5.41, 5.74) is 0.308. The van der Waals surface area contributed by atoms with Gasteiger partial charge in [0.05, 0.1) is 6.04 Å². The molecule has 0 aromatic heterocycles. The van der Waals surface area contributed by atoms with Crippen molar-refractivity contribution in [1.82, 2.24) is 10.2 Å². The van der Waals surface area contributed by atoms with E-state index in [4.69, 9.17) is 0 Å². The van der Waals surface area contributed by atoms with Gasteiger partial charge in [-0.15, -0.1) is 12.4 Å². The van der Waals surface area contributed by atoms with Gasteiger partial charge in [0.15, 0.2) is 0 Å². The van der Waals surface area contributed by atoms with Crippen LogP contribution in [0.5, 0.6) is 0 Å². The van der Waals surface area contributed by atoms with Gasteiger partial charge in [-0.1, -0.05) is 20.3 Å². The van der Waals surface area contributed by atoms with Crippen molar-refractivity contribution in [2.75, 3.05) is 19.6 Å². The van der Waals surface area contributed by atoms with Crippen LogP contribution in [0.3, 0.4) is 0 Å². The van der Waals surface area contributed by atoms with Crippen molar-refractivity contribution >= 4 is 18.3 Å². The van der Waals surface area contributed by atoms with Crippen molar-refractivity contribution in [2.24, 2.45) is 5.41 Å². The van der Waals surface area contributed by atoms with Crippen LogP contribution in [0.2, 0.25) is 0 Å². The predicted molar refractivity (Wildman–Crippen MR) is 72.5 cm³/mol. The first kappa shape index (κ1) is 14.8. The van der Waals surface area contributed by atoms with E-state index in [1.165, 1.54) is 19.3 Å².